The number of nitrogens with zero attached hydrogens (tertiary/aromatic N) is 3. The van der Waals surface area contributed by atoms with Crippen molar-refractivity contribution in [2.45, 2.75) is 25.2 Å². The summed E-state index contributed by atoms with van der Waals surface area (Å²) in [5.74, 6) is 2.96. The number of piperidine rings is 1. The molecule has 0 aliphatic carbocycles. The Hall–Kier alpha value is -4.07. The van der Waals surface area contributed by atoms with E-state index in [0.717, 1.165) is 35.5 Å². The number of oxazole rings is 1. The lowest BCUT2D eigenvalue weighted by Gasteiger charge is -2.30. The molecule has 2 aromatic heterocycles. The van der Waals surface area contributed by atoms with E-state index in [1.54, 1.807) is 26.5 Å². The number of hydrogen-bond acceptors (Lipinski definition) is 6. The summed E-state index contributed by atoms with van der Waals surface area (Å²) in [6.07, 6.45) is 4.19. The van der Waals surface area contributed by atoms with Gasteiger partial charge in [0, 0.05) is 30.6 Å². The van der Waals surface area contributed by atoms with E-state index in [1.807, 2.05) is 53.4 Å². The molecule has 8 nitrogen and oxygen atoms in total. The van der Waals surface area contributed by atoms with Crippen LogP contribution in [0.2, 0.25) is 0 Å². The topological polar surface area (TPSA) is 93.5 Å². The van der Waals surface area contributed by atoms with Crippen molar-refractivity contribution in [3.8, 4) is 22.8 Å². The normalized spacial score (nSPS) is 15.7. The number of amides is 1. The van der Waals surface area contributed by atoms with Crippen molar-refractivity contribution in [1.82, 2.24) is 20.1 Å². The number of methoxy groups -OCH3 is 2. The van der Waals surface area contributed by atoms with Gasteiger partial charge in [0.05, 0.1) is 32.0 Å². The average Bonchev–Trinajstić information content (AvgIpc) is 3.59. The average molecular weight is 473 g/mol. The first-order valence-corrected chi connectivity index (χ1v) is 11.7. The molecule has 4 aromatic rings. The smallest absolute Gasteiger partial charge is 0.271 e. The molecule has 3 heterocycles. The van der Waals surface area contributed by atoms with Gasteiger partial charge in [-0.05, 0) is 37.1 Å². The molecule has 5 rings (SSSR count). The van der Waals surface area contributed by atoms with Crippen LogP contribution in [0, 0.1) is 0 Å². The highest BCUT2D eigenvalue weighted by atomic mass is 16.5. The molecule has 0 spiro atoms. The SMILES string of the molecule is COc1ccccc1Cc1cnc([C@@H]2CCCN(C(=O)c3cc(-c4ccccc4OC)n[nH]3)C2)o1. The van der Waals surface area contributed by atoms with Gasteiger partial charge in [-0.25, -0.2) is 4.98 Å². The molecule has 1 amide bonds. The lowest BCUT2D eigenvalue weighted by Crippen LogP contribution is -2.39. The number of hydrogen-bond donors (Lipinski definition) is 1. The van der Waals surface area contributed by atoms with Gasteiger partial charge in [0.1, 0.15) is 23.0 Å². The minimum absolute atomic E-state index is 0.0516. The fraction of sp³-hybridized carbons (Fsp3) is 0.296. The van der Waals surface area contributed by atoms with Crippen molar-refractivity contribution in [2.75, 3.05) is 27.3 Å². The molecular formula is C27H28N4O4. The lowest BCUT2D eigenvalue weighted by atomic mass is 9.97. The summed E-state index contributed by atoms with van der Waals surface area (Å²) in [4.78, 5) is 19.6. The summed E-state index contributed by atoms with van der Waals surface area (Å²) < 4.78 is 17.0. The van der Waals surface area contributed by atoms with Crippen molar-refractivity contribution < 1.29 is 18.7 Å². The highest BCUT2D eigenvalue weighted by molar-refractivity contribution is 5.93. The van der Waals surface area contributed by atoms with E-state index in [0.29, 0.717) is 42.5 Å². The van der Waals surface area contributed by atoms with Crippen LogP contribution in [-0.2, 0) is 6.42 Å². The van der Waals surface area contributed by atoms with Crippen molar-refractivity contribution in [1.29, 1.82) is 0 Å². The van der Waals surface area contributed by atoms with Gasteiger partial charge in [-0.15, -0.1) is 0 Å². The van der Waals surface area contributed by atoms with Gasteiger partial charge in [0.2, 0.25) is 0 Å². The number of likely N-dealkylation sites (tertiary alicyclic amines) is 1. The van der Waals surface area contributed by atoms with Gasteiger partial charge in [0.25, 0.3) is 5.91 Å². The number of H-pyrrole nitrogens is 1. The Morgan fingerprint density at radius 1 is 1.11 bits per heavy atom. The van der Waals surface area contributed by atoms with E-state index in [1.165, 1.54) is 0 Å². The number of ether oxygens (including phenoxy) is 2. The molecule has 0 radical (unpaired) electrons. The fourth-order valence-electron chi connectivity index (χ4n) is 4.59. The highest BCUT2D eigenvalue weighted by Crippen LogP contribution is 2.31. The van der Waals surface area contributed by atoms with Crippen LogP contribution in [0.4, 0.5) is 0 Å². The summed E-state index contributed by atoms with van der Waals surface area (Å²) in [5, 5.41) is 7.25. The standard InChI is InChI=1S/C27H28N4O4/c1-33-24-11-5-3-8-18(24)14-20-16-28-26(35-20)19-9-7-13-31(17-19)27(32)23-15-22(29-30-23)21-10-4-6-12-25(21)34-2/h3-6,8,10-12,15-16,19H,7,9,13-14,17H2,1-2H3,(H,29,30)/t19-/m1/s1. The summed E-state index contributed by atoms with van der Waals surface area (Å²) in [5.41, 5.74) is 3.01. The molecule has 1 fully saturated rings. The van der Waals surface area contributed by atoms with Crippen LogP contribution in [0.3, 0.4) is 0 Å². The maximum atomic E-state index is 13.3. The molecule has 0 saturated carbocycles. The van der Waals surface area contributed by atoms with E-state index in [2.05, 4.69) is 15.2 Å². The predicted molar refractivity (Wildman–Crippen MR) is 131 cm³/mol. The number of nitrogens with one attached hydrogen (secondary N) is 1. The molecule has 1 saturated heterocycles. The van der Waals surface area contributed by atoms with E-state index in [-0.39, 0.29) is 11.8 Å². The van der Waals surface area contributed by atoms with Gasteiger partial charge >= 0.3 is 0 Å². The molecule has 35 heavy (non-hydrogen) atoms. The summed E-state index contributed by atoms with van der Waals surface area (Å²) in [6.45, 7) is 1.24. The monoisotopic (exact) mass is 472 g/mol. The Morgan fingerprint density at radius 3 is 2.71 bits per heavy atom. The van der Waals surface area contributed by atoms with Crippen LogP contribution >= 0.6 is 0 Å². The van der Waals surface area contributed by atoms with E-state index >= 15 is 0 Å². The molecule has 2 aromatic carbocycles. The second-order valence-corrected chi connectivity index (χ2v) is 8.61. The van der Waals surface area contributed by atoms with Gasteiger partial charge < -0.3 is 18.8 Å². The molecule has 180 valence electrons. The number of benzene rings is 2. The van der Waals surface area contributed by atoms with Crippen LogP contribution < -0.4 is 9.47 Å². The van der Waals surface area contributed by atoms with Crippen molar-refractivity contribution in [3.63, 3.8) is 0 Å². The fourth-order valence-corrected chi connectivity index (χ4v) is 4.59. The number of carbonyl (C=O) groups is 1. The first kappa shape index (κ1) is 22.7. The molecule has 1 atom stereocenters. The molecular weight excluding hydrogens is 444 g/mol. The summed E-state index contributed by atoms with van der Waals surface area (Å²) in [6, 6.07) is 17.3. The van der Waals surface area contributed by atoms with Crippen molar-refractivity contribution >= 4 is 5.91 Å². The molecule has 1 aliphatic heterocycles. The summed E-state index contributed by atoms with van der Waals surface area (Å²) >= 11 is 0. The van der Waals surface area contributed by atoms with Crippen LogP contribution in [-0.4, -0.2) is 53.3 Å². The van der Waals surface area contributed by atoms with Crippen molar-refractivity contribution in [2.24, 2.45) is 0 Å². The number of aromatic amines is 1. The maximum Gasteiger partial charge on any atom is 0.271 e. The maximum absolute atomic E-state index is 13.3. The second kappa shape index (κ2) is 10.0. The second-order valence-electron chi connectivity index (χ2n) is 8.61. The van der Waals surface area contributed by atoms with Crippen LogP contribution in [0.1, 0.15) is 46.5 Å². The molecule has 1 aliphatic rings. The Kier molecular flexibility index (Phi) is 6.52. The number of para-hydroxylation sites is 2. The molecule has 1 N–H and O–H groups in total. The van der Waals surface area contributed by atoms with E-state index in [4.69, 9.17) is 13.9 Å². The number of aromatic nitrogens is 3. The first-order chi connectivity index (χ1) is 17.2. The Morgan fingerprint density at radius 2 is 1.89 bits per heavy atom. The number of carbonyl (C=O) groups excluding carboxylic acids is 1. The quantitative estimate of drug-likeness (QED) is 0.419. The zero-order valence-corrected chi connectivity index (χ0v) is 19.9. The van der Waals surface area contributed by atoms with Crippen LogP contribution in [0.5, 0.6) is 11.5 Å². The number of rotatable bonds is 7. The first-order valence-electron chi connectivity index (χ1n) is 11.7. The van der Waals surface area contributed by atoms with Gasteiger partial charge in [0.15, 0.2) is 5.89 Å². The van der Waals surface area contributed by atoms with Gasteiger partial charge in [-0.1, -0.05) is 30.3 Å². The zero-order valence-electron chi connectivity index (χ0n) is 19.9. The highest BCUT2D eigenvalue weighted by Gasteiger charge is 2.29. The minimum Gasteiger partial charge on any atom is -0.496 e. The van der Waals surface area contributed by atoms with Crippen molar-refractivity contribution in [3.05, 3.63) is 83.7 Å². The third-order valence-electron chi connectivity index (χ3n) is 6.38. The third-order valence-corrected chi connectivity index (χ3v) is 6.38. The Bertz CT molecular complexity index is 1310. The van der Waals surface area contributed by atoms with Crippen LogP contribution in [0.15, 0.2) is 65.2 Å². The minimum atomic E-state index is -0.0795. The van der Waals surface area contributed by atoms with Gasteiger partial charge in [-0.3, -0.25) is 9.89 Å². The predicted octanol–water partition coefficient (Wildman–Crippen LogP) is 4.69. The lowest BCUT2D eigenvalue weighted by molar-refractivity contribution is 0.0692. The third kappa shape index (κ3) is 4.77. The Balaban J connectivity index is 1.28. The molecule has 0 bridgehead atoms. The Labute approximate surface area is 203 Å². The van der Waals surface area contributed by atoms with Gasteiger partial charge in [-0.2, -0.15) is 5.10 Å². The summed E-state index contributed by atoms with van der Waals surface area (Å²) in [7, 11) is 3.28. The zero-order chi connectivity index (χ0) is 24.2. The van der Waals surface area contributed by atoms with E-state index in [9.17, 15) is 4.79 Å². The largest absolute Gasteiger partial charge is 0.496 e. The van der Waals surface area contributed by atoms with E-state index < -0.39 is 0 Å². The van der Waals surface area contributed by atoms with Crippen LogP contribution in [0.25, 0.3) is 11.3 Å². The molecule has 8 heteroatoms. The molecule has 0 unspecified atom stereocenters.